The van der Waals surface area contributed by atoms with Crippen molar-refractivity contribution in [2.45, 2.75) is 38.9 Å². The second-order valence-electron chi connectivity index (χ2n) is 5.64. The zero-order valence-corrected chi connectivity index (χ0v) is 12.3. The van der Waals surface area contributed by atoms with E-state index in [2.05, 4.69) is 0 Å². The van der Waals surface area contributed by atoms with Gasteiger partial charge in [-0.15, -0.1) is 0 Å². The van der Waals surface area contributed by atoms with Crippen molar-refractivity contribution in [1.82, 2.24) is 0 Å². The van der Waals surface area contributed by atoms with E-state index < -0.39 is 24.6 Å². The molecule has 1 aliphatic heterocycles. The Labute approximate surface area is 121 Å². The maximum Gasteiger partial charge on any atom is 0.411 e. The van der Waals surface area contributed by atoms with Crippen LogP contribution in [0.25, 0.3) is 0 Å². The van der Waals surface area contributed by atoms with E-state index in [1.165, 1.54) is 11.0 Å². The van der Waals surface area contributed by atoms with Crippen LogP contribution < -0.4 is 4.90 Å². The van der Waals surface area contributed by atoms with E-state index in [0.29, 0.717) is 11.1 Å². The zero-order chi connectivity index (χ0) is 15.8. The largest absolute Gasteiger partial charge is 0.411 e. The molecular formula is C15H19F4NO. The van der Waals surface area contributed by atoms with E-state index in [-0.39, 0.29) is 24.8 Å². The summed E-state index contributed by atoms with van der Waals surface area (Å²) in [5.74, 6) is -0.463. The summed E-state index contributed by atoms with van der Waals surface area (Å²) < 4.78 is 58.3. The molecule has 0 aliphatic carbocycles. The highest BCUT2D eigenvalue weighted by molar-refractivity contribution is 5.53. The van der Waals surface area contributed by atoms with Gasteiger partial charge in [0.25, 0.3) is 0 Å². The fourth-order valence-electron chi connectivity index (χ4n) is 2.82. The summed E-state index contributed by atoms with van der Waals surface area (Å²) >= 11 is 0. The quantitative estimate of drug-likeness (QED) is 0.765. The van der Waals surface area contributed by atoms with Crippen LogP contribution in [0.4, 0.5) is 23.2 Å². The molecule has 0 amide bonds. The molecule has 1 fully saturated rings. The molecule has 1 aromatic carbocycles. The van der Waals surface area contributed by atoms with Crippen LogP contribution in [0.15, 0.2) is 12.1 Å². The van der Waals surface area contributed by atoms with Crippen molar-refractivity contribution in [1.29, 1.82) is 0 Å². The lowest BCUT2D eigenvalue weighted by Gasteiger charge is -2.38. The smallest absolute Gasteiger partial charge is 0.377 e. The number of benzene rings is 1. The highest BCUT2D eigenvalue weighted by atomic mass is 19.4. The summed E-state index contributed by atoms with van der Waals surface area (Å²) in [5.41, 5.74) is 1.49. The Balaban J connectivity index is 2.40. The first-order valence-electron chi connectivity index (χ1n) is 6.93. The van der Waals surface area contributed by atoms with Crippen molar-refractivity contribution >= 4 is 5.69 Å². The van der Waals surface area contributed by atoms with Gasteiger partial charge in [-0.2, -0.15) is 13.2 Å². The van der Waals surface area contributed by atoms with Crippen molar-refractivity contribution in [2.24, 2.45) is 0 Å². The van der Waals surface area contributed by atoms with Crippen LogP contribution in [0.5, 0.6) is 0 Å². The Bertz CT molecular complexity index is 490. The lowest BCUT2D eigenvalue weighted by Crippen LogP contribution is -2.53. The maximum atomic E-state index is 14.2. The Morgan fingerprint density at radius 1 is 1.29 bits per heavy atom. The minimum absolute atomic E-state index is 0.0119. The Kier molecular flexibility index (Phi) is 4.46. The van der Waals surface area contributed by atoms with Crippen LogP contribution in [0.1, 0.15) is 30.9 Å². The van der Waals surface area contributed by atoms with Gasteiger partial charge in [0.1, 0.15) is 11.9 Å². The van der Waals surface area contributed by atoms with E-state index in [0.717, 1.165) is 0 Å². The van der Waals surface area contributed by atoms with Gasteiger partial charge in [0, 0.05) is 12.2 Å². The average Bonchev–Trinajstić information content (AvgIpc) is 2.36. The topological polar surface area (TPSA) is 12.5 Å². The molecule has 0 bridgehead atoms. The first kappa shape index (κ1) is 16.1. The molecule has 0 aromatic heterocycles. The number of nitrogens with zero attached hydrogens (tertiary/aromatic N) is 1. The van der Waals surface area contributed by atoms with E-state index in [1.54, 1.807) is 13.0 Å². The standard InChI is InChI=1S/C15H19F4NO/c1-9(2)14-10(3)6-11(7-12(14)16)20-4-5-21-8-13(20)15(17,18)19/h6-7,9,13H,4-5,8H2,1-3H3/t13-/m1/s1. The maximum absolute atomic E-state index is 14.2. The number of morpholine rings is 1. The summed E-state index contributed by atoms with van der Waals surface area (Å²) in [6, 6.07) is 1.10. The molecule has 1 aromatic rings. The predicted octanol–water partition coefficient (Wildman–Crippen LogP) is 4.03. The highest BCUT2D eigenvalue weighted by Crippen LogP contribution is 2.34. The first-order chi connectivity index (χ1) is 9.71. The molecule has 0 unspecified atom stereocenters. The van der Waals surface area contributed by atoms with Crippen molar-refractivity contribution in [2.75, 3.05) is 24.7 Å². The lowest BCUT2D eigenvalue weighted by atomic mass is 9.96. The monoisotopic (exact) mass is 305 g/mol. The van der Waals surface area contributed by atoms with Crippen molar-refractivity contribution in [3.63, 3.8) is 0 Å². The molecule has 2 nitrogen and oxygen atoms in total. The minimum atomic E-state index is -4.40. The molecule has 1 saturated heterocycles. The van der Waals surface area contributed by atoms with Gasteiger partial charge in [-0.25, -0.2) is 4.39 Å². The molecule has 1 heterocycles. The third-order valence-electron chi connectivity index (χ3n) is 3.74. The van der Waals surface area contributed by atoms with E-state index in [4.69, 9.17) is 4.74 Å². The summed E-state index contributed by atoms with van der Waals surface area (Å²) in [6.45, 7) is 5.33. The fraction of sp³-hybridized carbons (Fsp3) is 0.600. The fourth-order valence-corrected chi connectivity index (χ4v) is 2.82. The molecule has 0 saturated carbocycles. The molecule has 1 atom stereocenters. The Morgan fingerprint density at radius 3 is 2.48 bits per heavy atom. The second kappa shape index (κ2) is 5.83. The van der Waals surface area contributed by atoms with Gasteiger partial charge in [0.15, 0.2) is 0 Å². The predicted molar refractivity (Wildman–Crippen MR) is 73.2 cm³/mol. The molecule has 2 rings (SSSR count). The normalized spacial score (nSPS) is 20.2. The number of rotatable bonds is 2. The summed E-state index contributed by atoms with van der Waals surface area (Å²) in [6.07, 6.45) is -4.40. The van der Waals surface area contributed by atoms with Crippen molar-refractivity contribution in [3.8, 4) is 0 Å². The molecule has 0 N–H and O–H groups in total. The van der Waals surface area contributed by atoms with Gasteiger partial charge in [0.2, 0.25) is 0 Å². The van der Waals surface area contributed by atoms with Crippen LogP contribution in [-0.2, 0) is 4.74 Å². The lowest BCUT2D eigenvalue weighted by molar-refractivity contribution is -0.167. The van der Waals surface area contributed by atoms with E-state index in [9.17, 15) is 17.6 Å². The average molecular weight is 305 g/mol. The van der Waals surface area contributed by atoms with E-state index in [1.807, 2.05) is 13.8 Å². The van der Waals surface area contributed by atoms with Gasteiger partial charge >= 0.3 is 6.18 Å². The van der Waals surface area contributed by atoms with Crippen molar-refractivity contribution < 1.29 is 22.3 Å². The van der Waals surface area contributed by atoms with E-state index >= 15 is 0 Å². The van der Waals surface area contributed by atoms with Gasteiger partial charge in [-0.05, 0) is 36.1 Å². The Hall–Kier alpha value is -1.30. The molecule has 1 aliphatic rings. The van der Waals surface area contributed by atoms with Crippen LogP contribution in [0.3, 0.4) is 0 Å². The molecule has 6 heteroatoms. The van der Waals surface area contributed by atoms with Crippen LogP contribution in [-0.4, -0.2) is 32.0 Å². The number of alkyl halides is 3. The minimum Gasteiger partial charge on any atom is -0.377 e. The number of halogens is 4. The SMILES string of the molecule is Cc1cc(N2CCOC[C@@H]2C(F)(F)F)cc(F)c1C(C)C. The van der Waals surface area contributed by atoms with Crippen LogP contribution in [0, 0.1) is 12.7 Å². The second-order valence-corrected chi connectivity index (χ2v) is 5.64. The molecule has 0 spiro atoms. The third-order valence-corrected chi connectivity index (χ3v) is 3.74. The molecular weight excluding hydrogens is 286 g/mol. The van der Waals surface area contributed by atoms with Crippen LogP contribution in [0.2, 0.25) is 0 Å². The van der Waals surface area contributed by atoms with Crippen molar-refractivity contribution in [3.05, 3.63) is 29.1 Å². The van der Waals surface area contributed by atoms with Gasteiger partial charge in [-0.1, -0.05) is 13.8 Å². The molecule has 118 valence electrons. The first-order valence-corrected chi connectivity index (χ1v) is 6.93. The number of hydrogen-bond acceptors (Lipinski definition) is 2. The van der Waals surface area contributed by atoms with Gasteiger partial charge < -0.3 is 9.64 Å². The number of anilines is 1. The number of aryl methyl sites for hydroxylation is 1. The molecule has 21 heavy (non-hydrogen) atoms. The third kappa shape index (κ3) is 3.31. The summed E-state index contributed by atoms with van der Waals surface area (Å²) in [7, 11) is 0. The van der Waals surface area contributed by atoms with Gasteiger partial charge in [-0.3, -0.25) is 0 Å². The summed E-state index contributed by atoms with van der Waals surface area (Å²) in [4.78, 5) is 1.18. The number of hydrogen-bond donors (Lipinski definition) is 0. The molecule has 0 radical (unpaired) electrons. The number of ether oxygens (including phenoxy) is 1. The Morgan fingerprint density at radius 2 is 1.95 bits per heavy atom. The van der Waals surface area contributed by atoms with Crippen LogP contribution >= 0.6 is 0 Å². The zero-order valence-electron chi connectivity index (χ0n) is 12.3. The highest BCUT2D eigenvalue weighted by Gasteiger charge is 2.45. The van der Waals surface area contributed by atoms with Gasteiger partial charge in [0.05, 0.1) is 13.2 Å². The summed E-state index contributed by atoms with van der Waals surface area (Å²) in [5, 5.41) is 0.